The van der Waals surface area contributed by atoms with Crippen molar-refractivity contribution in [1.82, 2.24) is 0 Å². The first-order chi connectivity index (χ1) is 8.99. The van der Waals surface area contributed by atoms with Gasteiger partial charge in [-0.2, -0.15) is 0 Å². The normalized spacial score (nSPS) is 12.5. The van der Waals surface area contributed by atoms with E-state index in [9.17, 15) is 4.39 Å². The van der Waals surface area contributed by atoms with Crippen LogP contribution in [0.15, 0.2) is 40.9 Å². The fourth-order valence-corrected chi connectivity index (χ4v) is 3.17. The molecule has 0 aliphatic carbocycles. The summed E-state index contributed by atoms with van der Waals surface area (Å²) in [5.74, 6) is -0.207. The second-order valence-electron chi connectivity index (χ2n) is 4.52. The minimum absolute atomic E-state index is 0.199. The van der Waals surface area contributed by atoms with Gasteiger partial charge in [-0.15, -0.1) is 0 Å². The molecule has 0 saturated heterocycles. The molecule has 100 valence electrons. The maximum atomic E-state index is 13.7. The van der Waals surface area contributed by atoms with Gasteiger partial charge in [-0.05, 0) is 70.8 Å². The largest absolute Gasteiger partial charge is 0.324 e. The molecule has 4 heteroatoms. The molecule has 0 aliphatic heterocycles. The number of benzene rings is 2. The molecule has 0 radical (unpaired) electrons. The molecule has 1 atom stereocenters. The van der Waals surface area contributed by atoms with Crippen LogP contribution >= 0.6 is 38.5 Å². The number of hydrogen-bond donors (Lipinski definition) is 1. The van der Waals surface area contributed by atoms with Crippen molar-refractivity contribution < 1.29 is 4.39 Å². The van der Waals surface area contributed by atoms with Gasteiger partial charge >= 0.3 is 0 Å². The van der Waals surface area contributed by atoms with E-state index >= 15 is 0 Å². The third kappa shape index (κ3) is 3.55. The Kier molecular flexibility index (Phi) is 4.97. The van der Waals surface area contributed by atoms with Gasteiger partial charge in [-0.3, -0.25) is 0 Å². The van der Waals surface area contributed by atoms with Gasteiger partial charge in [-0.1, -0.05) is 34.1 Å². The summed E-state index contributed by atoms with van der Waals surface area (Å²) < 4.78 is 15.8. The Labute approximate surface area is 134 Å². The lowest BCUT2D eigenvalue weighted by atomic mass is 9.98. The first kappa shape index (κ1) is 14.9. The molecule has 19 heavy (non-hydrogen) atoms. The minimum Gasteiger partial charge on any atom is -0.324 e. The van der Waals surface area contributed by atoms with E-state index in [1.165, 1.54) is 11.6 Å². The van der Waals surface area contributed by atoms with Crippen LogP contribution in [0.4, 0.5) is 4.39 Å². The van der Waals surface area contributed by atoms with E-state index in [1.54, 1.807) is 12.1 Å². The number of hydrogen-bond acceptors (Lipinski definition) is 1. The van der Waals surface area contributed by atoms with Gasteiger partial charge in [0.05, 0.1) is 0 Å². The van der Waals surface area contributed by atoms with E-state index in [0.717, 1.165) is 13.6 Å². The van der Waals surface area contributed by atoms with E-state index < -0.39 is 0 Å². The predicted octanol–water partition coefficient (Wildman–Crippen LogP) is 4.74. The highest BCUT2D eigenvalue weighted by Crippen LogP contribution is 2.26. The van der Waals surface area contributed by atoms with Crippen molar-refractivity contribution in [2.24, 2.45) is 5.73 Å². The van der Waals surface area contributed by atoms with Crippen LogP contribution in [0, 0.1) is 16.3 Å². The van der Waals surface area contributed by atoms with E-state index in [4.69, 9.17) is 5.73 Å². The molecule has 0 aliphatic rings. The Bertz CT molecular complexity index is 601. The monoisotopic (exact) mass is 433 g/mol. The van der Waals surface area contributed by atoms with Crippen LogP contribution in [0.1, 0.15) is 22.7 Å². The fraction of sp³-hybridized carbons (Fsp3) is 0.200. The van der Waals surface area contributed by atoms with Crippen LogP contribution in [-0.4, -0.2) is 0 Å². The standard InChI is InChI=1S/C15H14BrFIN/c1-9-3-2-4-12(15(9)18)14(19)8-10-7-11(16)5-6-13(10)17/h2-7,14H,8,19H2,1H3. The summed E-state index contributed by atoms with van der Waals surface area (Å²) in [5.41, 5.74) is 9.13. The van der Waals surface area contributed by atoms with Crippen molar-refractivity contribution >= 4 is 38.5 Å². The van der Waals surface area contributed by atoms with Crippen molar-refractivity contribution in [3.63, 3.8) is 0 Å². The summed E-state index contributed by atoms with van der Waals surface area (Å²) in [6.45, 7) is 2.05. The third-order valence-electron chi connectivity index (χ3n) is 3.07. The first-order valence-corrected chi connectivity index (χ1v) is 7.80. The van der Waals surface area contributed by atoms with Gasteiger partial charge < -0.3 is 5.73 Å². The van der Waals surface area contributed by atoms with E-state index in [-0.39, 0.29) is 11.9 Å². The zero-order chi connectivity index (χ0) is 14.0. The van der Waals surface area contributed by atoms with Crippen LogP contribution in [0.3, 0.4) is 0 Å². The summed E-state index contributed by atoms with van der Waals surface area (Å²) in [7, 11) is 0. The van der Waals surface area contributed by atoms with Crippen LogP contribution in [0.2, 0.25) is 0 Å². The van der Waals surface area contributed by atoms with Crippen LogP contribution in [0.25, 0.3) is 0 Å². The predicted molar refractivity (Wildman–Crippen MR) is 88.6 cm³/mol. The van der Waals surface area contributed by atoms with Crippen LogP contribution in [0.5, 0.6) is 0 Å². The van der Waals surface area contributed by atoms with Gasteiger partial charge in [0.25, 0.3) is 0 Å². The maximum Gasteiger partial charge on any atom is 0.126 e. The Hall–Kier alpha value is -0.460. The number of aryl methyl sites for hydroxylation is 1. The Morgan fingerprint density at radius 3 is 2.79 bits per heavy atom. The van der Waals surface area contributed by atoms with E-state index in [1.807, 2.05) is 12.1 Å². The molecule has 0 fully saturated rings. The highest BCUT2D eigenvalue weighted by Gasteiger charge is 2.14. The molecule has 0 spiro atoms. The van der Waals surface area contributed by atoms with Crippen molar-refractivity contribution in [2.45, 2.75) is 19.4 Å². The molecule has 0 bridgehead atoms. The zero-order valence-electron chi connectivity index (χ0n) is 10.5. The van der Waals surface area contributed by atoms with Crippen LogP contribution < -0.4 is 5.73 Å². The Morgan fingerprint density at radius 1 is 1.32 bits per heavy atom. The number of nitrogens with two attached hydrogens (primary N) is 1. The summed E-state index contributed by atoms with van der Waals surface area (Å²) in [5, 5.41) is 0. The van der Waals surface area contributed by atoms with Crippen LogP contribution in [-0.2, 0) is 6.42 Å². The molecular formula is C15H14BrFIN. The molecule has 2 aromatic carbocycles. The van der Waals surface area contributed by atoms with Crippen molar-refractivity contribution in [3.8, 4) is 0 Å². The minimum atomic E-state index is -0.207. The first-order valence-electron chi connectivity index (χ1n) is 5.93. The smallest absolute Gasteiger partial charge is 0.126 e. The molecule has 0 amide bonds. The maximum absolute atomic E-state index is 13.7. The highest BCUT2D eigenvalue weighted by atomic mass is 127. The lowest BCUT2D eigenvalue weighted by Gasteiger charge is -2.16. The van der Waals surface area contributed by atoms with E-state index in [2.05, 4.69) is 51.5 Å². The van der Waals surface area contributed by atoms with E-state index in [0.29, 0.717) is 12.0 Å². The Balaban J connectivity index is 2.28. The van der Waals surface area contributed by atoms with Crippen molar-refractivity contribution in [2.75, 3.05) is 0 Å². The highest BCUT2D eigenvalue weighted by molar-refractivity contribution is 14.1. The Morgan fingerprint density at radius 2 is 2.05 bits per heavy atom. The fourth-order valence-electron chi connectivity index (χ4n) is 2.00. The van der Waals surface area contributed by atoms with Gasteiger partial charge in [-0.25, -0.2) is 4.39 Å². The lowest BCUT2D eigenvalue weighted by molar-refractivity contribution is 0.592. The quantitative estimate of drug-likeness (QED) is 0.695. The summed E-state index contributed by atoms with van der Waals surface area (Å²) in [4.78, 5) is 0. The lowest BCUT2D eigenvalue weighted by Crippen LogP contribution is -2.16. The molecular weight excluding hydrogens is 420 g/mol. The molecule has 0 heterocycles. The molecule has 1 unspecified atom stereocenters. The third-order valence-corrected chi connectivity index (χ3v) is 5.04. The van der Waals surface area contributed by atoms with Gasteiger partial charge in [0.2, 0.25) is 0 Å². The van der Waals surface area contributed by atoms with Crippen molar-refractivity contribution in [3.05, 3.63) is 66.9 Å². The summed E-state index contributed by atoms with van der Waals surface area (Å²) in [6.07, 6.45) is 0.491. The number of halogens is 3. The second-order valence-corrected chi connectivity index (χ2v) is 6.52. The molecule has 1 nitrogen and oxygen atoms in total. The average Bonchev–Trinajstić information content (AvgIpc) is 2.37. The van der Waals surface area contributed by atoms with Crippen molar-refractivity contribution in [1.29, 1.82) is 0 Å². The molecule has 0 saturated carbocycles. The summed E-state index contributed by atoms with van der Waals surface area (Å²) >= 11 is 5.65. The molecule has 0 aromatic heterocycles. The zero-order valence-corrected chi connectivity index (χ0v) is 14.2. The number of rotatable bonds is 3. The average molecular weight is 434 g/mol. The van der Waals surface area contributed by atoms with Gasteiger partial charge in [0.15, 0.2) is 0 Å². The molecule has 2 N–H and O–H groups in total. The molecule has 2 aromatic rings. The van der Waals surface area contributed by atoms with Gasteiger partial charge in [0, 0.05) is 14.1 Å². The summed E-state index contributed by atoms with van der Waals surface area (Å²) in [6, 6.07) is 10.8. The topological polar surface area (TPSA) is 26.0 Å². The van der Waals surface area contributed by atoms with Gasteiger partial charge in [0.1, 0.15) is 5.82 Å². The second kappa shape index (κ2) is 6.33. The SMILES string of the molecule is Cc1cccc(C(N)Cc2cc(Br)ccc2F)c1I. The molecule has 2 rings (SSSR count).